The van der Waals surface area contributed by atoms with Crippen LogP contribution >= 0.6 is 15.9 Å². The summed E-state index contributed by atoms with van der Waals surface area (Å²) in [6.45, 7) is 9.39. The largest absolute Gasteiger partial charge is 0.489 e. The van der Waals surface area contributed by atoms with Gasteiger partial charge in [-0.2, -0.15) is 26.3 Å². The number of hydrogen-bond donors (Lipinski definition) is 2. The number of rotatable bonds is 8. The van der Waals surface area contributed by atoms with Crippen LogP contribution in [0, 0.1) is 0 Å². The van der Waals surface area contributed by atoms with E-state index in [-0.39, 0.29) is 23.8 Å². The van der Waals surface area contributed by atoms with Crippen molar-refractivity contribution in [1.29, 1.82) is 0 Å². The molecule has 2 saturated heterocycles. The fourth-order valence-electron chi connectivity index (χ4n) is 7.85. The Morgan fingerprint density at radius 3 is 1.39 bits per heavy atom. The molecule has 0 spiro atoms. The van der Waals surface area contributed by atoms with E-state index in [2.05, 4.69) is 106 Å². The second kappa shape index (κ2) is 22.4. The lowest BCUT2D eigenvalue weighted by Crippen LogP contribution is -2.39. The Labute approximate surface area is 379 Å². The van der Waals surface area contributed by atoms with Crippen LogP contribution in [0.3, 0.4) is 0 Å². The minimum atomic E-state index is -4.56. The molecule has 2 heterocycles. The van der Waals surface area contributed by atoms with E-state index < -0.39 is 36.1 Å². The quantitative estimate of drug-likeness (QED) is 0.117. The summed E-state index contributed by atoms with van der Waals surface area (Å²) in [6, 6.07) is 47.3. The van der Waals surface area contributed by atoms with Gasteiger partial charge in [-0.15, -0.1) is 0 Å². The number of ether oxygens (including phenoxy) is 2. The maximum atomic E-state index is 13.3. The molecule has 6 nitrogen and oxygen atoms in total. The van der Waals surface area contributed by atoms with E-state index in [0.29, 0.717) is 18.2 Å². The summed E-state index contributed by atoms with van der Waals surface area (Å²) >= 11 is 3.50. The predicted molar refractivity (Wildman–Crippen MR) is 243 cm³/mol. The molecule has 2 aliphatic rings. The maximum Gasteiger partial charge on any atom is 0.489 e. The minimum absolute atomic E-state index is 0.0281. The zero-order valence-electron chi connectivity index (χ0n) is 35.4. The normalized spacial score (nSPS) is 18.1. The van der Waals surface area contributed by atoms with Crippen molar-refractivity contribution >= 4 is 28.5 Å². The van der Waals surface area contributed by atoms with Gasteiger partial charge in [-0.1, -0.05) is 155 Å². The molecule has 0 aromatic heterocycles. The first-order valence-electron chi connectivity index (χ1n) is 21.0. The number of morpholine rings is 2. The molecule has 2 fully saturated rings. The van der Waals surface area contributed by atoms with E-state index in [1.54, 1.807) is 18.2 Å². The first-order valence-corrected chi connectivity index (χ1v) is 21.7. The van der Waals surface area contributed by atoms with Gasteiger partial charge in [0.1, 0.15) is 0 Å². The molecule has 0 radical (unpaired) electrons. The van der Waals surface area contributed by atoms with Gasteiger partial charge in [0.25, 0.3) is 0 Å². The van der Waals surface area contributed by atoms with Crippen LogP contribution in [0.15, 0.2) is 162 Å². The number of benzene rings is 6. The molecule has 0 saturated carbocycles. The van der Waals surface area contributed by atoms with Crippen LogP contribution < -0.4 is 5.46 Å². The summed E-state index contributed by atoms with van der Waals surface area (Å²) in [4.78, 5) is 4.87. The Morgan fingerprint density at radius 1 is 0.547 bits per heavy atom. The van der Waals surface area contributed by atoms with Gasteiger partial charge >= 0.3 is 19.5 Å². The lowest BCUT2D eigenvalue weighted by Gasteiger charge is -2.37. The van der Waals surface area contributed by atoms with E-state index >= 15 is 0 Å². The fraction of sp³-hybridized carbons (Fsp3) is 0.280. The number of nitrogens with zero attached hydrogens (tertiary/aromatic N) is 2. The van der Waals surface area contributed by atoms with Crippen molar-refractivity contribution in [2.45, 2.75) is 50.5 Å². The average Bonchev–Trinajstić information content (AvgIpc) is 3.32. The fourth-order valence-corrected chi connectivity index (χ4v) is 8.11. The monoisotopic (exact) mass is 946 g/mol. The van der Waals surface area contributed by atoms with Crippen LogP contribution in [0.1, 0.15) is 71.5 Å². The molecule has 2 aliphatic heterocycles. The molecule has 0 aliphatic carbocycles. The van der Waals surface area contributed by atoms with E-state index in [1.807, 2.05) is 30.3 Å². The third-order valence-electron chi connectivity index (χ3n) is 11.5. The molecule has 4 atom stereocenters. The SMILES string of the molecule is CC(c1ccc(-c2ccccc2C(F)(F)F)cc1)N1CCOC(c2ccccc2)C1.CC(c1ccc(Br)cc1)N1CCOC(c2ccccc2)C1.OB(O)c1ccccc1C(F)(F)F. The molecule has 64 heavy (non-hydrogen) atoms. The molecule has 0 bridgehead atoms. The molecule has 4 unspecified atom stereocenters. The highest BCUT2D eigenvalue weighted by atomic mass is 79.9. The van der Waals surface area contributed by atoms with Gasteiger partial charge in [0.15, 0.2) is 0 Å². The first-order chi connectivity index (χ1) is 30.6. The van der Waals surface area contributed by atoms with Gasteiger partial charge in [-0.3, -0.25) is 9.80 Å². The zero-order chi connectivity index (χ0) is 45.9. The van der Waals surface area contributed by atoms with E-state index in [4.69, 9.17) is 19.5 Å². The zero-order valence-corrected chi connectivity index (χ0v) is 37.0. The van der Waals surface area contributed by atoms with E-state index in [1.165, 1.54) is 35.4 Å². The van der Waals surface area contributed by atoms with Gasteiger partial charge in [-0.05, 0) is 70.9 Å². The molecule has 336 valence electrons. The van der Waals surface area contributed by atoms with Crippen LogP contribution in [-0.2, 0) is 21.8 Å². The Balaban J connectivity index is 0.000000174. The summed E-state index contributed by atoms with van der Waals surface area (Å²) in [5.41, 5.74) is 3.48. The highest BCUT2D eigenvalue weighted by Gasteiger charge is 2.36. The lowest BCUT2D eigenvalue weighted by atomic mass is 9.77. The van der Waals surface area contributed by atoms with Crippen molar-refractivity contribution in [3.63, 3.8) is 0 Å². The van der Waals surface area contributed by atoms with Gasteiger partial charge in [0.2, 0.25) is 0 Å². The van der Waals surface area contributed by atoms with Crippen LogP contribution in [0.4, 0.5) is 26.3 Å². The second-order valence-electron chi connectivity index (χ2n) is 15.6. The first kappa shape index (κ1) is 48.7. The van der Waals surface area contributed by atoms with E-state index in [0.717, 1.165) is 66.6 Å². The van der Waals surface area contributed by atoms with Gasteiger partial charge in [0, 0.05) is 42.7 Å². The molecule has 0 amide bonds. The third kappa shape index (κ3) is 13.2. The molecule has 2 N–H and O–H groups in total. The van der Waals surface area contributed by atoms with Gasteiger partial charge in [-0.25, -0.2) is 0 Å². The minimum Gasteiger partial charge on any atom is -0.423 e. The standard InChI is InChI=1S/C25H24F3NO.C18H20BrNO.C7H6BF3O2/c1-18(29-15-16-30-24(17-29)21-7-3-2-4-8-21)19-11-13-20(14-12-19)22-9-5-6-10-23(22)25(26,27)28;1-14(15-7-9-17(19)10-8-15)20-11-12-21-18(13-20)16-5-3-2-4-6-16;9-7(10,11)5-3-1-2-4-6(5)8(12)13/h2-14,18,24H,15-17H2,1H3;2-10,14,18H,11-13H2,1H3;1-4,12-13H. The number of hydrogen-bond acceptors (Lipinski definition) is 6. The summed E-state index contributed by atoms with van der Waals surface area (Å²) in [7, 11) is -2.10. The lowest BCUT2D eigenvalue weighted by molar-refractivity contribution is -0.137. The van der Waals surface area contributed by atoms with Crippen molar-refractivity contribution in [2.24, 2.45) is 0 Å². The highest BCUT2D eigenvalue weighted by Crippen LogP contribution is 2.38. The highest BCUT2D eigenvalue weighted by molar-refractivity contribution is 9.10. The van der Waals surface area contributed by atoms with Crippen LogP contribution in [-0.4, -0.2) is 66.4 Å². The topological polar surface area (TPSA) is 65.4 Å². The van der Waals surface area contributed by atoms with Crippen molar-refractivity contribution in [2.75, 3.05) is 39.4 Å². The van der Waals surface area contributed by atoms with E-state index in [9.17, 15) is 26.3 Å². The van der Waals surface area contributed by atoms with Crippen molar-refractivity contribution < 1.29 is 45.9 Å². The van der Waals surface area contributed by atoms with Crippen LogP contribution in [0.2, 0.25) is 0 Å². The summed E-state index contributed by atoms with van der Waals surface area (Å²) < 4.78 is 89.6. The molecule has 8 rings (SSSR count). The van der Waals surface area contributed by atoms with Crippen LogP contribution in [0.5, 0.6) is 0 Å². The number of halogens is 7. The smallest absolute Gasteiger partial charge is 0.423 e. The van der Waals surface area contributed by atoms with Crippen molar-refractivity contribution in [3.8, 4) is 11.1 Å². The summed E-state index contributed by atoms with van der Waals surface area (Å²) in [5, 5.41) is 17.2. The summed E-state index contributed by atoms with van der Waals surface area (Å²) in [5.74, 6) is 0. The molecule has 6 aromatic carbocycles. The van der Waals surface area contributed by atoms with Gasteiger partial charge < -0.3 is 19.5 Å². The molecule has 6 aromatic rings. The van der Waals surface area contributed by atoms with Crippen LogP contribution in [0.25, 0.3) is 11.1 Å². The Hall–Kier alpha value is -4.80. The van der Waals surface area contributed by atoms with Gasteiger partial charge in [0.05, 0.1) is 36.5 Å². The molecular formula is C50H50BBrF6N2O4. The Kier molecular flexibility index (Phi) is 17.0. The van der Waals surface area contributed by atoms with Crippen molar-refractivity contribution in [1.82, 2.24) is 9.80 Å². The Morgan fingerprint density at radius 2 is 0.953 bits per heavy atom. The van der Waals surface area contributed by atoms with Crippen molar-refractivity contribution in [3.05, 3.63) is 196 Å². The number of alkyl halides is 6. The molecule has 14 heteroatoms. The average molecular weight is 948 g/mol. The molecular weight excluding hydrogens is 897 g/mol. The Bertz CT molecular complexity index is 2340. The second-order valence-corrected chi connectivity index (χ2v) is 16.5. The predicted octanol–water partition coefficient (Wildman–Crippen LogP) is 11.5. The third-order valence-corrected chi connectivity index (χ3v) is 12.0. The maximum absolute atomic E-state index is 13.3. The summed E-state index contributed by atoms with van der Waals surface area (Å²) in [6.07, 6.45) is -8.72.